The van der Waals surface area contributed by atoms with Gasteiger partial charge in [-0.15, -0.1) is 0 Å². The van der Waals surface area contributed by atoms with Gasteiger partial charge in [0.25, 0.3) is 0 Å². The Morgan fingerprint density at radius 2 is 1.90 bits per heavy atom. The van der Waals surface area contributed by atoms with Crippen LogP contribution in [0.3, 0.4) is 0 Å². The molecular formula is C15H18N2O4. The number of fused-ring (bicyclic) bond motifs is 1. The summed E-state index contributed by atoms with van der Waals surface area (Å²) in [6.45, 7) is 4.34. The van der Waals surface area contributed by atoms with E-state index >= 15 is 0 Å². The van der Waals surface area contributed by atoms with Gasteiger partial charge in [0.15, 0.2) is 6.79 Å². The number of carbonyl (C=O) groups is 2. The molecule has 6 heteroatoms. The molecule has 3 rings (SSSR count). The van der Waals surface area contributed by atoms with Gasteiger partial charge in [0, 0.05) is 28.7 Å². The molecule has 1 fully saturated rings. The summed E-state index contributed by atoms with van der Waals surface area (Å²) < 4.78 is 10.7. The lowest BCUT2D eigenvalue weighted by atomic mass is 10.00. The number of hydrogen-bond donors (Lipinski definition) is 1. The quantitative estimate of drug-likeness (QED) is 0.655. The third kappa shape index (κ3) is 2.25. The maximum Gasteiger partial charge on any atom is 0.233 e. The number of hydrogen-bond acceptors (Lipinski definition) is 5. The van der Waals surface area contributed by atoms with E-state index in [2.05, 4.69) is 0 Å². The van der Waals surface area contributed by atoms with Crippen LogP contribution in [0, 0.1) is 11.8 Å². The Hall–Kier alpha value is -2.08. The summed E-state index contributed by atoms with van der Waals surface area (Å²) >= 11 is 0. The molecule has 0 saturated carbocycles. The first-order chi connectivity index (χ1) is 9.99. The number of rotatable bonds is 2. The topological polar surface area (TPSA) is 81.9 Å². The zero-order valence-electron chi connectivity index (χ0n) is 12.1. The number of nitrogens with two attached hydrogens (primary N) is 1. The molecule has 112 valence electrons. The molecule has 1 saturated heterocycles. The zero-order valence-corrected chi connectivity index (χ0v) is 12.1. The molecule has 1 aromatic carbocycles. The van der Waals surface area contributed by atoms with Gasteiger partial charge >= 0.3 is 0 Å². The Labute approximate surface area is 122 Å². The van der Waals surface area contributed by atoms with Crippen molar-refractivity contribution in [2.24, 2.45) is 11.8 Å². The van der Waals surface area contributed by atoms with Crippen molar-refractivity contribution in [1.82, 2.24) is 4.90 Å². The highest BCUT2D eigenvalue weighted by Gasteiger charge is 2.42. The van der Waals surface area contributed by atoms with E-state index in [-0.39, 0.29) is 37.0 Å². The normalized spacial score (nSPS) is 25.0. The lowest BCUT2D eigenvalue weighted by molar-refractivity contribution is -0.140. The molecule has 2 atom stereocenters. The molecule has 0 spiro atoms. The van der Waals surface area contributed by atoms with Gasteiger partial charge in [-0.1, -0.05) is 13.8 Å². The minimum Gasteiger partial charge on any atom is -0.467 e. The van der Waals surface area contributed by atoms with Crippen molar-refractivity contribution in [3.8, 4) is 5.75 Å². The van der Waals surface area contributed by atoms with Gasteiger partial charge in [0.05, 0.1) is 13.2 Å². The molecule has 2 heterocycles. The molecule has 0 radical (unpaired) electrons. The molecule has 2 amide bonds. The summed E-state index contributed by atoms with van der Waals surface area (Å²) in [5.74, 6) is -0.174. The van der Waals surface area contributed by atoms with Crippen LogP contribution in [-0.2, 0) is 27.5 Å². The van der Waals surface area contributed by atoms with Crippen molar-refractivity contribution in [3.05, 3.63) is 23.3 Å². The first kappa shape index (κ1) is 13.9. The van der Waals surface area contributed by atoms with E-state index in [0.717, 1.165) is 11.1 Å². The third-order valence-electron chi connectivity index (χ3n) is 4.20. The van der Waals surface area contributed by atoms with Crippen LogP contribution in [-0.4, -0.2) is 23.5 Å². The minimum absolute atomic E-state index is 0.143. The van der Waals surface area contributed by atoms with E-state index < -0.39 is 0 Å². The molecule has 2 N–H and O–H groups in total. The summed E-state index contributed by atoms with van der Waals surface area (Å²) in [6.07, 6.45) is 0. The predicted molar refractivity (Wildman–Crippen MR) is 75.0 cm³/mol. The number of amides is 2. The number of carbonyl (C=O) groups excluding carboxylic acids is 2. The maximum absolute atomic E-state index is 12.2. The number of imide groups is 1. The van der Waals surface area contributed by atoms with Crippen LogP contribution in [0.1, 0.15) is 25.0 Å². The number of nitrogen functional groups attached to an aromatic ring is 1. The highest BCUT2D eigenvalue weighted by molar-refractivity contribution is 6.04. The fraction of sp³-hybridized carbons (Fsp3) is 0.467. The van der Waals surface area contributed by atoms with Gasteiger partial charge in [-0.2, -0.15) is 0 Å². The first-order valence-corrected chi connectivity index (χ1v) is 6.96. The van der Waals surface area contributed by atoms with Crippen LogP contribution in [0.5, 0.6) is 5.75 Å². The lowest BCUT2D eigenvalue weighted by Crippen LogP contribution is -2.31. The van der Waals surface area contributed by atoms with E-state index in [0.29, 0.717) is 18.0 Å². The van der Waals surface area contributed by atoms with Crippen molar-refractivity contribution in [1.29, 1.82) is 0 Å². The summed E-state index contributed by atoms with van der Waals surface area (Å²) in [7, 11) is 0. The van der Waals surface area contributed by atoms with Crippen molar-refractivity contribution in [2.45, 2.75) is 27.0 Å². The number of likely N-dealkylation sites (tertiary alicyclic amines) is 1. The molecule has 0 bridgehead atoms. The van der Waals surface area contributed by atoms with E-state index in [1.807, 2.05) is 0 Å². The van der Waals surface area contributed by atoms with Gasteiger partial charge in [-0.3, -0.25) is 14.5 Å². The second-order valence-electron chi connectivity index (χ2n) is 5.62. The summed E-state index contributed by atoms with van der Waals surface area (Å²) in [5.41, 5.74) is 8.04. The molecule has 21 heavy (non-hydrogen) atoms. The summed E-state index contributed by atoms with van der Waals surface area (Å²) in [6, 6.07) is 3.54. The second kappa shape index (κ2) is 5.04. The van der Waals surface area contributed by atoms with E-state index in [4.69, 9.17) is 15.2 Å². The monoisotopic (exact) mass is 290 g/mol. The summed E-state index contributed by atoms with van der Waals surface area (Å²) in [4.78, 5) is 25.7. The first-order valence-electron chi connectivity index (χ1n) is 6.96. The molecule has 0 aromatic heterocycles. The highest BCUT2D eigenvalue weighted by atomic mass is 16.7. The lowest BCUT2D eigenvalue weighted by Gasteiger charge is -2.23. The van der Waals surface area contributed by atoms with Crippen molar-refractivity contribution >= 4 is 17.5 Å². The van der Waals surface area contributed by atoms with Gasteiger partial charge < -0.3 is 15.2 Å². The molecule has 2 aliphatic heterocycles. The van der Waals surface area contributed by atoms with Gasteiger partial charge in [-0.25, -0.2) is 0 Å². The standard InChI is InChI=1S/C15H18N2O4/c1-8-9(2)15(19)17(14(8)18)5-10-3-12(16)4-11-6-20-7-21-13(10)11/h3-4,8-9H,5-7,16H2,1-2H3. The number of anilines is 1. The zero-order chi connectivity index (χ0) is 15.1. The molecule has 6 nitrogen and oxygen atoms in total. The van der Waals surface area contributed by atoms with Crippen LogP contribution < -0.4 is 10.5 Å². The van der Waals surface area contributed by atoms with Gasteiger partial charge in [0.2, 0.25) is 11.8 Å². The fourth-order valence-electron chi connectivity index (χ4n) is 2.80. The fourth-order valence-corrected chi connectivity index (χ4v) is 2.80. The van der Waals surface area contributed by atoms with Crippen LogP contribution in [0.25, 0.3) is 0 Å². The molecule has 1 aromatic rings. The number of benzene rings is 1. The third-order valence-corrected chi connectivity index (χ3v) is 4.20. The Balaban J connectivity index is 1.94. The van der Waals surface area contributed by atoms with Crippen LogP contribution >= 0.6 is 0 Å². The van der Waals surface area contributed by atoms with E-state index in [1.54, 1.807) is 26.0 Å². The average Bonchev–Trinajstić information content (AvgIpc) is 2.65. The molecular weight excluding hydrogens is 272 g/mol. The largest absolute Gasteiger partial charge is 0.467 e. The smallest absolute Gasteiger partial charge is 0.233 e. The van der Waals surface area contributed by atoms with E-state index in [9.17, 15) is 9.59 Å². The van der Waals surface area contributed by atoms with Crippen molar-refractivity contribution in [2.75, 3.05) is 12.5 Å². The molecule has 0 aliphatic carbocycles. The number of nitrogens with zero attached hydrogens (tertiary/aromatic N) is 1. The van der Waals surface area contributed by atoms with Crippen molar-refractivity contribution < 1.29 is 19.1 Å². The van der Waals surface area contributed by atoms with Gasteiger partial charge in [0.1, 0.15) is 5.75 Å². The summed E-state index contributed by atoms with van der Waals surface area (Å²) in [5, 5.41) is 0. The van der Waals surface area contributed by atoms with Crippen LogP contribution in [0.4, 0.5) is 5.69 Å². The Kier molecular flexibility index (Phi) is 3.33. The number of ether oxygens (including phenoxy) is 2. The van der Waals surface area contributed by atoms with Gasteiger partial charge in [-0.05, 0) is 12.1 Å². The van der Waals surface area contributed by atoms with E-state index in [1.165, 1.54) is 4.90 Å². The maximum atomic E-state index is 12.2. The average molecular weight is 290 g/mol. The predicted octanol–water partition coefficient (Wildman–Crippen LogP) is 1.28. The van der Waals surface area contributed by atoms with Crippen LogP contribution in [0.15, 0.2) is 12.1 Å². The SMILES string of the molecule is CC1C(=O)N(Cc2cc(N)cc3c2OCOC3)C(=O)C1C. The second-order valence-corrected chi connectivity index (χ2v) is 5.62. The minimum atomic E-state index is -0.279. The Bertz CT molecular complexity index is 594. The Morgan fingerprint density at radius 1 is 1.24 bits per heavy atom. The highest BCUT2D eigenvalue weighted by Crippen LogP contribution is 2.34. The van der Waals surface area contributed by atoms with Crippen LogP contribution in [0.2, 0.25) is 0 Å². The molecule has 2 unspecified atom stereocenters. The van der Waals surface area contributed by atoms with Crippen molar-refractivity contribution in [3.63, 3.8) is 0 Å². The molecule has 2 aliphatic rings. The Morgan fingerprint density at radius 3 is 2.57 bits per heavy atom.